The van der Waals surface area contributed by atoms with Gasteiger partial charge in [-0.3, -0.25) is 0 Å². The number of anilines is 1. The third kappa shape index (κ3) is 2.96. The number of methoxy groups -OCH3 is 1. The van der Waals surface area contributed by atoms with Gasteiger partial charge in [0.05, 0.1) is 18.8 Å². The molecule has 7 heteroatoms. The Morgan fingerprint density at radius 3 is 2.58 bits per heavy atom. The summed E-state index contributed by atoms with van der Waals surface area (Å²) in [7, 11) is 1.76. The van der Waals surface area contributed by atoms with Gasteiger partial charge in [0, 0.05) is 49.5 Å². The summed E-state index contributed by atoms with van der Waals surface area (Å²) in [6.45, 7) is 7.06. The van der Waals surface area contributed by atoms with Crippen molar-refractivity contribution in [1.29, 1.82) is 0 Å². The summed E-state index contributed by atoms with van der Waals surface area (Å²) in [6, 6.07) is 8.84. The number of halogens is 1. The predicted octanol–water partition coefficient (Wildman–Crippen LogP) is 4.13. The van der Waals surface area contributed by atoms with Crippen molar-refractivity contribution in [2.45, 2.75) is 19.4 Å². The van der Waals surface area contributed by atoms with Gasteiger partial charge in [0.2, 0.25) is 6.79 Å². The highest BCUT2D eigenvalue weighted by Crippen LogP contribution is 2.49. The quantitative estimate of drug-likeness (QED) is 0.655. The number of piperazine rings is 1. The maximum Gasteiger partial charge on any atom is 0.231 e. The molecule has 4 aliphatic rings. The van der Waals surface area contributed by atoms with E-state index in [2.05, 4.69) is 47.1 Å². The van der Waals surface area contributed by atoms with Gasteiger partial charge >= 0.3 is 0 Å². The van der Waals surface area contributed by atoms with Crippen LogP contribution in [0.25, 0.3) is 11.8 Å². The fraction of sp³-hybridized carbons (Fsp3) is 0.417. The van der Waals surface area contributed by atoms with Gasteiger partial charge in [-0.05, 0) is 60.5 Å². The van der Waals surface area contributed by atoms with Gasteiger partial charge in [-0.2, -0.15) is 0 Å². The first-order valence-electron chi connectivity index (χ1n) is 10.9. The maximum atomic E-state index is 6.23. The summed E-state index contributed by atoms with van der Waals surface area (Å²) in [5.41, 5.74) is 7.66. The number of ether oxygens (including phenoxy) is 3. The molecule has 0 N–H and O–H groups in total. The molecular formula is C24H26ClN3O3. The monoisotopic (exact) mass is 439 g/mol. The van der Waals surface area contributed by atoms with Crippen LogP contribution in [0.2, 0.25) is 0 Å². The zero-order valence-electron chi connectivity index (χ0n) is 17.9. The zero-order chi connectivity index (χ0) is 21.1. The van der Waals surface area contributed by atoms with Crippen molar-refractivity contribution < 1.29 is 14.2 Å². The van der Waals surface area contributed by atoms with E-state index in [0.29, 0.717) is 6.79 Å². The van der Waals surface area contributed by atoms with E-state index in [0.717, 1.165) is 56.4 Å². The number of fused-ring (bicyclic) bond motifs is 5. The normalized spacial score (nSPS) is 21.9. The van der Waals surface area contributed by atoms with Crippen LogP contribution in [-0.2, 0) is 6.42 Å². The van der Waals surface area contributed by atoms with E-state index in [1.807, 2.05) is 4.42 Å². The van der Waals surface area contributed by atoms with Crippen LogP contribution in [0.4, 0.5) is 5.69 Å². The molecule has 2 aromatic rings. The predicted molar refractivity (Wildman–Crippen MR) is 122 cm³/mol. The number of hydrogen-bond donors (Lipinski definition) is 0. The van der Waals surface area contributed by atoms with Crippen LogP contribution in [0.5, 0.6) is 17.2 Å². The minimum absolute atomic E-state index is 0.243. The average molecular weight is 440 g/mol. The lowest BCUT2D eigenvalue weighted by atomic mass is 9.86. The second kappa shape index (κ2) is 7.24. The van der Waals surface area contributed by atoms with E-state index < -0.39 is 0 Å². The summed E-state index contributed by atoms with van der Waals surface area (Å²) < 4.78 is 19.0. The van der Waals surface area contributed by atoms with Crippen molar-refractivity contribution >= 4 is 29.2 Å². The average Bonchev–Trinajstić information content (AvgIpc) is 3.25. The minimum Gasteiger partial charge on any atom is -0.495 e. The van der Waals surface area contributed by atoms with E-state index in [9.17, 15) is 0 Å². The molecule has 0 bridgehead atoms. The third-order valence-corrected chi connectivity index (χ3v) is 7.30. The van der Waals surface area contributed by atoms with Gasteiger partial charge in [0.15, 0.2) is 11.5 Å². The highest BCUT2D eigenvalue weighted by atomic mass is 35.5. The smallest absolute Gasteiger partial charge is 0.231 e. The third-order valence-electron chi connectivity index (χ3n) is 6.96. The largest absolute Gasteiger partial charge is 0.495 e. The van der Waals surface area contributed by atoms with Gasteiger partial charge in [0.25, 0.3) is 0 Å². The maximum absolute atomic E-state index is 6.23. The highest BCUT2D eigenvalue weighted by molar-refractivity contribution is 6.13. The van der Waals surface area contributed by atoms with Gasteiger partial charge < -0.3 is 24.0 Å². The second-order valence-corrected chi connectivity index (χ2v) is 9.01. The number of nitrogens with zero attached hydrogens (tertiary/aromatic N) is 3. The number of benzene rings is 2. The van der Waals surface area contributed by atoms with Crippen molar-refractivity contribution in [2.24, 2.45) is 0 Å². The second-order valence-electron chi connectivity index (χ2n) is 8.53. The van der Waals surface area contributed by atoms with Gasteiger partial charge in [-0.25, -0.2) is 4.42 Å². The molecule has 0 unspecified atom stereocenters. The molecule has 4 heterocycles. The van der Waals surface area contributed by atoms with Crippen LogP contribution < -0.4 is 19.1 Å². The van der Waals surface area contributed by atoms with Crippen molar-refractivity contribution in [2.75, 3.05) is 51.5 Å². The summed E-state index contributed by atoms with van der Waals surface area (Å²) in [5.74, 6) is 2.64. The Morgan fingerprint density at radius 1 is 1.03 bits per heavy atom. The lowest BCUT2D eigenvalue weighted by Crippen LogP contribution is -2.44. The fourth-order valence-electron chi connectivity index (χ4n) is 5.38. The molecule has 1 atom stereocenters. The molecule has 0 aliphatic carbocycles. The standard InChI is InChI=1S/C24H26ClN3O3/c1-15-23-17(3-4-20(29-2)24(23)26-7-9-27(25)10-8-26)11-19-18-13-22-21(30-14-31-22)12-16(18)5-6-28(15)19/h3-4,11-13,15H,5-10,14H2,1-2H3/t15-/m0/s1. The van der Waals surface area contributed by atoms with E-state index in [-0.39, 0.29) is 6.04 Å². The van der Waals surface area contributed by atoms with E-state index in [1.165, 1.54) is 33.6 Å². The number of hydrogen-bond acceptors (Lipinski definition) is 6. The molecule has 31 heavy (non-hydrogen) atoms. The first-order chi connectivity index (χ1) is 15.1. The zero-order valence-corrected chi connectivity index (χ0v) is 18.6. The molecule has 1 fully saturated rings. The Labute approximate surface area is 187 Å². The van der Waals surface area contributed by atoms with Crippen LogP contribution in [0.15, 0.2) is 24.3 Å². The first-order valence-corrected chi connectivity index (χ1v) is 11.3. The molecule has 1 saturated heterocycles. The number of rotatable bonds is 2. The molecule has 162 valence electrons. The summed E-state index contributed by atoms with van der Waals surface area (Å²) in [4.78, 5) is 4.95. The van der Waals surface area contributed by atoms with Crippen LogP contribution in [0, 0.1) is 0 Å². The summed E-state index contributed by atoms with van der Waals surface area (Å²) >= 11 is 6.23. The van der Waals surface area contributed by atoms with Gasteiger partial charge in [-0.1, -0.05) is 6.07 Å². The molecule has 2 aromatic carbocycles. The van der Waals surface area contributed by atoms with Crippen LogP contribution in [0.1, 0.15) is 35.2 Å². The highest BCUT2D eigenvalue weighted by Gasteiger charge is 2.35. The van der Waals surface area contributed by atoms with Crippen molar-refractivity contribution in [3.8, 4) is 17.2 Å². The summed E-state index contributed by atoms with van der Waals surface area (Å²) in [6.07, 6.45) is 3.32. The summed E-state index contributed by atoms with van der Waals surface area (Å²) in [5, 5.41) is 0. The molecule has 0 amide bonds. The molecule has 4 aliphatic heterocycles. The van der Waals surface area contributed by atoms with E-state index in [4.69, 9.17) is 26.0 Å². The Hall–Kier alpha value is -2.57. The topological polar surface area (TPSA) is 37.4 Å². The van der Waals surface area contributed by atoms with Gasteiger partial charge in [0.1, 0.15) is 5.75 Å². The van der Waals surface area contributed by atoms with Crippen molar-refractivity contribution in [3.05, 3.63) is 46.5 Å². The Morgan fingerprint density at radius 2 is 1.81 bits per heavy atom. The Balaban J connectivity index is 1.49. The molecule has 0 saturated carbocycles. The lowest BCUT2D eigenvalue weighted by Gasteiger charge is -2.44. The van der Waals surface area contributed by atoms with Crippen molar-refractivity contribution in [3.63, 3.8) is 0 Å². The molecule has 6 rings (SSSR count). The SMILES string of the molecule is COc1ccc2c(c1N1CCN(Cl)CC1)[C@H](C)N1CCc3cc4c(cc3C1=C2)OCO4. The molecular weight excluding hydrogens is 414 g/mol. The Kier molecular flexibility index (Phi) is 4.47. The molecule has 0 aromatic heterocycles. The van der Waals surface area contributed by atoms with Crippen LogP contribution >= 0.6 is 11.8 Å². The van der Waals surface area contributed by atoms with Crippen LogP contribution in [0.3, 0.4) is 0 Å². The van der Waals surface area contributed by atoms with E-state index >= 15 is 0 Å². The lowest BCUT2D eigenvalue weighted by molar-refractivity contribution is 0.174. The molecule has 0 radical (unpaired) electrons. The Bertz CT molecular complexity index is 1080. The molecule has 0 spiro atoms. The first kappa shape index (κ1) is 19.1. The minimum atomic E-state index is 0.243. The van der Waals surface area contributed by atoms with Gasteiger partial charge in [-0.15, -0.1) is 0 Å². The fourth-order valence-corrected chi connectivity index (χ4v) is 5.53. The van der Waals surface area contributed by atoms with E-state index in [1.54, 1.807) is 7.11 Å². The van der Waals surface area contributed by atoms with Crippen LogP contribution in [-0.4, -0.2) is 55.9 Å². The van der Waals surface area contributed by atoms with Crippen molar-refractivity contribution in [1.82, 2.24) is 9.32 Å². The molecule has 6 nitrogen and oxygen atoms in total.